The average Bonchev–Trinajstić information content (AvgIpc) is 2.34. The molecule has 0 aliphatic rings. The maximum atomic E-state index is 5.85. The van der Waals surface area contributed by atoms with Crippen LogP contribution in [0.1, 0.15) is 33.3 Å². The number of likely N-dealkylation sites (N-methyl/N-ethyl adjacent to an activating group) is 1. The van der Waals surface area contributed by atoms with Gasteiger partial charge in [-0.1, -0.05) is 32.0 Å². The number of para-hydroxylation sites is 1. The molecule has 0 heterocycles. The number of ether oxygens (including phenoxy) is 1. The molecule has 0 spiro atoms. The van der Waals surface area contributed by atoms with Crippen molar-refractivity contribution in [2.24, 2.45) is 5.92 Å². The fourth-order valence-corrected chi connectivity index (χ4v) is 2.39. The molecular formula is C17H30N2O. The third-order valence-electron chi connectivity index (χ3n) is 3.44. The first-order valence-electron chi connectivity index (χ1n) is 7.53. The number of nitrogens with zero attached hydrogens (tertiary/aromatic N) is 1. The molecule has 0 amide bonds. The summed E-state index contributed by atoms with van der Waals surface area (Å²) >= 11 is 0. The Kier molecular flexibility index (Phi) is 7.03. The minimum atomic E-state index is 0.210. The van der Waals surface area contributed by atoms with E-state index in [0.29, 0.717) is 12.0 Å². The maximum absolute atomic E-state index is 5.85. The van der Waals surface area contributed by atoms with E-state index >= 15 is 0 Å². The van der Waals surface area contributed by atoms with Gasteiger partial charge in [-0.05, 0) is 39.9 Å². The predicted molar refractivity (Wildman–Crippen MR) is 86.2 cm³/mol. The lowest BCUT2D eigenvalue weighted by Crippen LogP contribution is -2.41. The van der Waals surface area contributed by atoms with Gasteiger partial charge in [0.25, 0.3) is 0 Å². The molecule has 1 aromatic carbocycles. The molecule has 0 saturated heterocycles. The van der Waals surface area contributed by atoms with Crippen molar-refractivity contribution in [1.29, 1.82) is 0 Å². The molecule has 0 radical (unpaired) electrons. The number of nitrogens with one attached hydrogen (secondary N) is 1. The molecule has 1 aromatic rings. The Hall–Kier alpha value is -1.06. The van der Waals surface area contributed by atoms with Crippen LogP contribution in [0.4, 0.5) is 0 Å². The Morgan fingerprint density at radius 3 is 2.30 bits per heavy atom. The molecule has 0 saturated carbocycles. The Balaban J connectivity index is 2.57. The lowest BCUT2D eigenvalue weighted by molar-refractivity contribution is 0.222. The van der Waals surface area contributed by atoms with Crippen molar-refractivity contribution in [2.75, 3.05) is 20.6 Å². The normalized spacial score (nSPS) is 13.2. The zero-order valence-electron chi connectivity index (χ0n) is 13.8. The van der Waals surface area contributed by atoms with E-state index in [-0.39, 0.29) is 6.10 Å². The van der Waals surface area contributed by atoms with Crippen molar-refractivity contribution in [2.45, 2.75) is 46.4 Å². The fraction of sp³-hybridized carbons (Fsp3) is 0.647. The number of hydrogen-bond acceptors (Lipinski definition) is 3. The molecule has 1 unspecified atom stereocenters. The van der Waals surface area contributed by atoms with E-state index in [9.17, 15) is 0 Å². The lowest BCUT2D eigenvalue weighted by Gasteiger charge is -2.28. The molecule has 1 N–H and O–H groups in total. The Morgan fingerprint density at radius 1 is 1.10 bits per heavy atom. The van der Waals surface area contributed by atoms with Gasteiger partial charge in [-0.2, -0.15) is 0 Å². The van der Waals surface area contributed by atoms with Crippen LogP contribution in [0.3, 0.4) is 0 Å². The standard InChI is InChI=1S/C17H30N2O/c1-13(2)16(19(5)6)12-18-11-15-9-7-8-10-17(15)20-14(3)4/h7-10,13-14,16,18H,11-12H2,1-6H3. The van der Waals surface area contributed by atoms with Gasteiger partial charge < -0.3 is 15.0 Å². The second kappa shape index (κ2) is 8.28. The lowest BCUT2D eigenvalue weighted by atomic mass is 10.0. The smallest absolute Gasteiger partial charge is 0.124 e. The zero-order chi connectivity index (χ0) is 15.1. The van der Waals surface area contributed by atoms with Crippen LogP contribution in [0.5, 0.6) is 5.75 Å². The first kappa shape index (κ1) is 17.0. The minimum absolute atomic E-state index is 0.210. The Morgan fingerprint density at radius 2 is 1.75 bits per heavy atom. The Labute approximate surface area is 124 Å². The van der Waals surface area contributed by atoms with Crippen molar-refractivity contribution < 1.29 is 4.74 Å². The van der Waals surface area contributed by atoms with E-state index in [1.165, 1.54) is 5.56 Å². The first-order chi connectivity index (χ1) is 9.41. The molecule has 114 valence electrons. The monoisotopic (exact) mass is 278 g/mol. The van der Waals surface area contributed by atoms with Crippen molar-refractivity contribution in [3.8, 4) is 5.75 Å². The maximum Gasteiger partial charge on any atom is 0.124 e. The molecule has 0 aliphatic heterocycles. The van der Waals surface area contributed by atoms with Crippen molar-refractivity contribution >= 4 is 0 Å². The van der Waals surface area contributed by atoms with Gasteiger partial charge in [0.2, 0.25) is 0 Å². The van der Waals surface area contributed by atoms with Gasteiger partial charge in [-0.3, -0.25) is 0 Å². The summed E-state index contributed by atoms with van der Waals surface area (Å²) < 4.78 is 5.85. The van der Waals surface area contributed by atoms with Gasteiger partial charge in [0.1, 0.15) is 5.75 Å². The second-order valence-corrected chi connectivity index (χ2v) is 6.18. The number of rotatable bonds is 8. The molecule has 1 rings (SSSR count). The van der Waals surface area contributed by atoms with Gasteiger partial charge in [0, 0.05) is 24.7 Å². The van der Waals surface area contributed by atoms with E-state index < -0.39 is 0 Å². The van der Waals surface area contributed by atoms with Crippen LogP contribution in [0.25, 0.3) is 0 Å². The minimum Gasteiger partial charge on any atom is -0.491 e. The van der Waals surface area contributed by atoms with Crippen LogP contribution in [0.2, 0.25) is 0 Å². The molecule has 0 aliphatic carbocycles. The third kappa shape index (κ3) is 5.51. The first-order valence-corrected chi connectivity index (χ1v) is 7.53. The van der Waals surface area contributed by atoms with Gasteiger partial charge in [-0.25, -0.2) is 0 Å². The highest BCUT2D eigenvalue weighted by Gasteiger charge is 2.15. The van der Waals surface area contributed by atoms with Crippen LogP contribution >= 0.6 is 0 Å². The molecule has 1 atom stereocenters. The van der Waals surface area contributed by atoms with E-state index in [2.05, 4.69) is 64.1 Å². The molecule has 0 bridgehead atoms. The Bertz CT molecular complexity index is 380. The van der Waals surface area contributed by atoms with Crippen LogP contribution in [-0.2, 0) is 6.54 Å². The summed E-state index contributed by atoms with van der Waals surface area (Å²) in [5, 5.41) is 3.56. The van der Waals surface area contributed by atoms with Gasteiger partial charge >= 0.3 is 0 Å². The third-order valence-corrected chi connectivity index (χ3v) is 3.44. The van der Waals surface area contributed by atoms with Crippen LogP contribution in [0, 0.1) is 5.92 Å². The summed E-state index contributed by atoms with van der Waals surface area (Å²) in [7, 11) is 4.28. The number of benzene rings is 1. The molecule has 3 heteroatoms. The summed E-state index contributed by atoms with van der Waals surface area (Å²) in [6.45, 7) is 10.5. The molecule has 20 heavy (non-hydrogen) atoms. The van der Waals surface area contributed by atoms with E-state index in [1.54, 1.807) is 0 Å². The summed E-state index contributed by atoms with van der Waals surface area (Å²) in [6, 6.07) is 8.81. The highest BCUT2D eigenvalue weighted by atomic mass is 16.5. The van der Waals surface area contributed by atoms with Crippen molar-refractivity contribution in [1.82, 2.24) is 10.2 Å². The van der Waals surface area contributed by atoms with Gasteiger partial charge in [-0.15, -0.1) is 0 Å². The average molecular weight is 278 g/mol. The molecule has 0 aromatic heterocycles. The van der Waals surface area contributed by atoms with E-state index in [4.69, 9.17) is 4.74 Å². The van der Waals surface area contributed by atoms with Crippen LogP contribution in [-0.4, -0.2) is 37.7 Å². The quantitative estimate of drug-likeness (QED) is 0.790. The molecular weight excluding hydrogens is 248 g/mol. The molecule has 0 fully saturated rings. The summed E-state index contributed by atoms with van der Waals surface area (Å²) in [6.07, 6.45) is 0.210. The van der Waals surface area contributed by atoms with Crippen LogP contribution < -0.4 is 10.1 Å². The number of hydrogen-bond donors (Lipinski definition) is 1. The largest absolute Gasteiger partial charge is 0.491 e. The highest BCUT2D eigenvalue weighted by molar-refractivity contribution is 5.33. The van der Waals surface area contributed by atoms with Crippen LogP contribution in [0.15, 0.2) is 24.3 Å². The van der Waals surface area contributed by atoms with E-state index in [1.807, 2.05) is 12.1 Å². The predicted octanol–water partition coefficient (Wildman–Crippen LogP) is 3.15. The van der Waals surface area contributed by atoms with Gasteiger partial charge in [0.05, 0.1) is 6.10 Å². The SMILES string of the molecule is CC(C)Oc1ccccc1CNCC(C(C)C)N(C)C. The second-order valence-electron chi connectivity index (χ2n) is 6.18. The zero-order valence-corrected chi connectivity index (χ0v) is 13.8. The van der Waals surface area contributed by atoms with Crippen molar-refractivity contribution in [3.05, 3.63) is 29.8 Å². The summed E-state index contributed by atoms with van der Waals surface area (Å²) in [5.41, 5.74) is 1.22. The van der Waals surface area contributed by atoms with E-state index in [0.717, 1.165) is 18.8 Å². The summed E-state index contributed by atoms with van der Waals surface area (Å²) in [4.78, 5) is 2.29. The topological polar surface area (TPSA) is 24.5 Å². The molecule has 3 nitrogen and oxygen atoms in total. The fourth-order valence-electron chi connectivity index (χ4n) is 2.39. The van der Waals surface area contributed by atoms with Crippen molar-refractivity contribution in [3.63, 3.8) is 0 Å². The van der Waals surface area contributed by atoms with Gasteiger partial charge in [0.15, 0.2) is 0 Å². The highest BCUT2D eigenvalue weighted by Crippen LogP contribution is 2.19. The summed E-state index contributed by atoms with van der Waals surface area (Å²) in [5.74, 6) is 1.63.